The van der Waals surface area contributed by atoms with Crippen LogP contribution in [-0.4, -0.2) is 54.2 Å². The van der Waals surface area contributed by atoms with Crippen LogP contribution >= 0.6 is 0 Å². The second-order valence-corrected chi connectivity index (χ2v) is 8.75. The van der Waals surface area contributed by atoms with Crippen LogP contribution in [0.2, 0.25) is 0 Å². The molecule has 0 radical (unpaired) electrons. The van der Waals surface area contributed by atoms with Crippen LogP contribution in [0.4, 0.5) is 0 Å². The Kier molecular flexibility index (Phi) is 6.76. The van der Waals surface area contributed by atoms with E-state index >= 15 is 0 Å². The quantitative estimate of drug-likeness (QED) is 0.460. The fourth-order valence-electron chi connectivity index (χ4n) is 4.32. The molecule has 2 aliphatic rings. The van der Waals surface area contributed by atoms with Crippen molar-refractivity contribution in [2.75, 3.05) is 26.5 Å². The van der Waals surface area contributed by atoms with Gasteiger partial charge in [-0.2, -0.15) is 0 Å². The van der Waals surface area contributed by atoms with Gasteiger partial charge < -0.3 is 32.8 Å². The summed E-state index contributed by atoms with van der Waals surface area (Å²) in [6, 6.07) is 12.6. The van der Waals surface area contributed by atoms with Crippen molar-refractivity contribution in [2.24, 2.45) is 0 Å². The monoisotopic (exact) mass is 480 g/mol. The van der Waals surface area contributed by atoms with Gasteiger partial charge in [-0.05, 0) is 61.7 Å². The van der Waals surface area contributed by atoms with E-state index in [1.54, 1.807) is 17.0 Å². The number of nitrogens with zero attached hydrogens (tertiary/aromatic N) is 2. The van der Waals surface area contributed by atoms with Gasteiger partial charge in [-0.25, -0.2) is 0 Å². The van der Waals surface area contributed by atoms with Crippen LogP contribution in [0.5, 0.6) is 11.5 Å². The first-order chi connectivity index (χ1) is 17.0. The highest BCUT2D eigenvalue weighted by atomic mass is 16.7. The number of hydrogen-bond acceptors (Lipinski definition) is 7. The fraction of sp³-hybridized carbons (Fsp3) is 0.385. The summed E-state index contributed by atoms with van der Waals surface area (Å²) in [5, 5.41) is 0. The van der Waals surface area contributed by atoms with Crippen LogP contribution in [0.15, 0.2) is 57.6 Å². The van der Waals surface area contributed by atoms with Gasteiger partial charge in [-0.1, -0.05) is 6.07 Å². The molecule has 2 aromatic heterocycles. The zero-order valence-corrected chi connectivity index (χ0v) is 19.6. The summed E-state index contributed by atoms with van der Waals surface area (Å²) in [6.45, 7) is 3.50. The van der Waals surface area contributed by atoms with Crippen molar-refractivity contribution in [1.82, 2.24) is 9.80 Å². The lowest BCUT2D eigenvalue weighted by atomic mass is 10.1. The molecule has 1 atom stereocenters. The summed E-state index contributed by atoms with van der Waals surface area (Å²) < 4.78 is 27.7. The molecule has 35 heavy (non-hydrogen) atoms. The van der Waals surface area contributed by atoms with Gasteiger partial charge >= 0.3 is 0 Å². The number of aryl methyl sites for hydroxylation is 1. The number of carbonyl (C=O) groups excluding carboxylic acids is 2. The van der Waals surface area contributed by atoms with Crippen LogP contribution in [0.3, 0.4) is 0 Å². The smallest absolute Gasteiger partial charge is 0.290 e. The van der Waals surface area contributed by atoms with E-state index in [4.69, 9.17) is 23.0 Å². The molecule has 3 aromatic rings. The van der Waals surface area contributed by atoms with Gasteiger partial charge in [-0.15, -0.1) is 0 Å². The summed E-state index contributed by atoms with van der Waals surface area (Å²) in [5.41, 5.74) is 0.883. The Balaban J connectivity index is 1.36. The van der Waals surface area contributed by atoms with Gasteiger partial charge in [0.1, 0.15) is 18.1 Å². The van der Waals surface area contributed by atoms with Crippen molar-refractivity contribution in [2.45, 2.75) is 39.0 Å². The highest BCUT2D eigenvalue weighted by Gasteiger charge is 2.29. The van der Waals surface area contributed by atoms with E-state index in [-0.39, 0.29) is 43.6 Å². The summed E-state index contributed by atoms with van der Waals surface area (Å²) in [4.78, 5) is 30.0. The minimum absolute atomic E-state index is 0.100. The van der Waals surface area contributed by atoms with E-state index in [9.17, 15) is 9.59 Å². The molecule has 1 aromatic carbocycles. The molecule has 0 saturated carbocycles. The summed E-state index contributed by atoms with van der Waals surface area (Å²) >= 11 is 0. The molecule has 2 aliphatic heterocycles. The molecule has 1 fully saturated rings. The van der Waals surface area contributed by atoms with Crippen LogP contribution in [-0.2, 0) is 22.6 Å². The summed E-state index contributed by atoms with van der Waals surface area (Å²) in [7, 11) is 0. The van der Waals surface area contributed by atoms with E-state index in [0.717, 1.165) is 24.2 Å². The lowest BCUT2D eigenvalue weighted by Gasteiger charge is -2.28. The molecule has 0 N–H and O–H groups in total. The second-order valence-electron chi connectivity index (χ2n) is 8.75. The number of carbonyl (C=O) groups is 2. The molecular formula is C26H28N2O7. The maximum absolute atomic E-state index is 13.6. The second kappa shape index (κ2) is 10.3. The zero-order valence-electron chi connectivity index (χ0n) is 19.6. The first kappa shape index (κ1) is 23.0. The van der Waals surface area contributed by atoms with E-state index in [1.807, 2.05) is 37.3 Å². The van der Waals surface area contributed by atoms with Crippen molar-refractivity contribution in [3.63, 3.8) is 0 Å². The van der Waals surface area contributed by atoms with Gasteiger partial charge in [0.25, 0.3) is 5.91 Å². The third kappa shape index (κ3) is 5.51. The third-order valence-corrected chi connectivity index (χ3v) is 6.10. The van der Waals surface area contributed by atoms with Crippen LogP contribution in [0.1, 0.15) is 40.5 Å². The lowest BCUT2D eigenvalue weighted by molar-refractivity contribution is -0.133. The zero-order chi connectivity index (χ0) is 24.2. The minimum atomic E-state index is -0.337. The molecule has 9 heteroatoms. The number of ether oxygens (including phenoxy) is 3. The summed E-state index contributed by atoms with van der Waals surface area (Å²) in [5.74, 6) is 2.41. The van der Waals surface area contributed by atoms with Gasteiger partial charge in [0.05, 0.1) is 18.9 Å². The largest absolute Gasteiger partial charge is 0.464 e. The Morgan fingerprint density at radius 3 is 2.66 bits per heavy atom. The average molecular weight is 481 g/mol. The van der Waals surface area contributed by atoms with Crippen molar-refractivity contribution in [3.05, 3.63) is 71.6 Å². The van der Waals surface area contributed by atoms with Crippen LogP contribution in [0.25, 0.3) is 0 Å². The Labute approximate surface area is 203 Å². The molecule has 1 unspecified atom stereocenters. The number of fused-ring (bicyclic) bond motifs is 1. The highest BCUT2D eigenvalue weighted by molar-refractivity contribution is 5.94. The molecule has 0 aliphatic carbocycles. The number of hydrogen-bond donors (Lipinski definition) is 0. The number of rotatable bonds is 9. The minimum Gasteiger partial charge on any atom is -0.464 e. The first-order valence-corrected chi connectivity index (χ1v) is 11.7. The van der Waals surface area contributed by atoms with Gasteiger partial charge in [0.15, 0.2) is 17.3 Å². The SMILES string of the molecule is Cc1ccc(CN(Cc2ccc3c(c2)OCO3)C(=O)CN(CC2CCCO2)C(=O)c2ccco2)o1. The topological polar surface area (TPSA) is 94.6 Å². The Bertz CT molecular complexity index is 1160. The molecule has 9 nitrogen and oxygen atoms in total. The Morgan fingerprint density at radius 1 is 1.03 bits per heavy atom. The van der Waals surface area contributed by atoms with Crippen LogP contribution < -0.4 is 9.47 Å². The maximum atomic E-state index is 13.6. The van der Waals surface area contributed by atoms with E-state index in [2.05, 4.69) is 0 Å². The third-order valence-electron chi connectivity index (χ3n) is 6.10. The molecule has 0 spiro atoms. The van der Waals surface area contributed by atoms with E-state index in [0.29, 0.717) is 37.0 Å². The molecule has 5 rings (SSSR count). The van der Waals surface area contributed by atoms with Crippen molar-refractivity contribution < 1.29 is 32.6 Å². The number of furan rings is 2. The number of benzene rings is 1. The van der Waals surface area contributed by atoms with Gasteiger partial charge in [0, 0.05) is 19.7 Å². The normalized spacial score (nSPS) is 16.4. The molecule has 4 heterocycles. The predicted molar refractivity (Wildman–Crippen MR) is 124 cm³/mol. The average Bonchev–Trinajstić information content (AvgIpc) is 3.66. The molecular weight excluding hydrogens is 452 g/mol. The predicted octanol–water partition coefficient (Wildman–Crippen LogP) is 3.76. The lowest BCUT2D eigenvalue weighted by Crippen LogP contribution is -2.45. The molecule has 1 saturated heterocycles. The molecule has 2 amide bonds. The molecule has 184 valence electrons. The Morgan fingerprint density at radius 2 is 1.91 bits per heavy atom. The van der Waals surface area contributed by atoms with Crippen molar-refractivity contribution in [3.8, 4) is 11.5 Å². The van der Waals surface area contributed by atoms with Crippen molar-refractivity contribution in [1.29, 1.82) is 0 Å². The highest BCUT2D eigenvalue weighted by Crippen LogP contribution is 2.33. The maximum Gasteiger partial charge on any atom is 0.290 e. The standard InChI is InChI=1S/C26H28N2O7/c1-18-6-8-21(35-18)15-27(13-19-7-9-22-24(12-19)34-17-33-22)25(29)16-28(14-20-4-2-10-31-20)26(30)23-5-3-11-32-23/h3,5-9,11-12,20H,2,4,10,13-17H2,1H3. The first-order valence-electron chi connectivity index (χ1n) is 11.7. The van der Waals surface area contributed by atoms with E-state index in [1.165, 1.54) is 11.2 Å². The fourth-order valence-corrected chi connectivity index (χ4v) is 4.32. The molecule has 0 bridgehead atoms. The van der Waals surface area contributed by atoms with E-state index < -0.39 is 0 Å². The number of amides is 2. The van der Waals surface area contributed by atoms with Gasteiger partial charge in [0.2, 0.25) is 12.7 Å². The summed E-state index contributed by atoms with van der Waals surface area (Å²) in [6.07, 6.45) is 3.14. The van der Waals surface area contributed by atoms with Crippen molar-refractivity contribution >= 4 is 11.8 Å². The van der Waals surface area contributed by atoms with Gasteiger partial charge in [-0.3, -0.25) is 9.59 Å². The van der Waals surface area contributed by atoms with Crippen LogP contribution in [0, 0.1) is 6.92 Å². The Hall–Kier alpha value is -3.72.